The van der Waals surface area contributed by atoms with Crippen molar-refractivity contribution in [3.63, 3.8) is 0 Å². The molecule has 0 aromatic rings. The lowest BCUT2D eigenvalue weighted by Gasteiger charge is -2.18. The minimum Gasteiger partial charge on any atom is -0.462 e. The zero-order valence-corrected chi connectivity index (χ0v) is 41.1. The van der Waals surface area contributed by atoms with Gasteiger partial charge in [-0.3, -0.25) is 14.4 Å². The number of unbranched alkanes of at least 4 members (excludes halogenated alkanes) is 21. The minimum absolute atomic E-state index is 0.109. The number of hydrogen-bond acceptors (Lipinski definition) is 6. The lowest BCUT2D eigenvalue weighted by Crippen LogP contribution is -2.30. The second kappa shape index (κ2) is 51.2. The van der Waals surface area contributed by atoms with Crippen molar-refractivity contribution < 1.29 is 28.6 Å². The van der Waals surface area contributed by atoms with Crippen LogP contribution in [-0.4, -0.2) is 37.2 Å². The zero-order valence-electron chi connectivity index (χ0n) is 41.1. The van der Waals surface area contributed by atoms with Gasteiger partial charge in [0.1, 0.15) is 13.2 Å². The van der Waals surface area contributed by atoms with E-state index in [0.717, 1.165) is 77.0 Å². The van der Waals surface area contributed by atoms with Crippen molar-refractivity contribution in [1.29, 1.82) is 0 Å². The first kappa shape index (κ1) is 59.6. The fourth-order valence-corrected chi connectivity index (χ4v) is 6.98. The predicted octanol–water partition coefficient (Wildman–Crippen LogP) is 17.2. The van der Waals surface area contributed by atoms with Crippen LogP contribution in [0.5, 0.6) is 0 Å². The highest BCUT2D eigenvalue weighted by molar-refractivity contribution is 5.71. The first-order valence-corrected chi connectivity index (χ1v) is 26.1. The highest BCUT2D eigenvalue weighted by Crippen LogP contribution is 2.14. The second-order valence-electron chi connectivity index (χ2n) is 17.1. The average molecular weight is 877 g/mol. The first-order chi connectivity index (χ1) is 31.0. The molecule has 63 heavy (non-hydrogen) atoms. The van der Waals surface area contributed by atoms with Gasteiger partial charge in [-0.2, -0.15) is 0 Å². The Morgan fingerprint density at radius 1 is 0.333 bits per heavy atom. The summed E-state index contributed by atoms with van der Waals surface area (Å²) in [6.45, 7) is 6.44. The van der Waals surface area contributed by atoms with Crippen LogP contribution in [0.1, 0.15) is 239 Å². The summed E-state index contributed by atoms with van der Waals surface area (Å²) in [7, 11) is 0. The Hall–Kier alpha value is -3.41. The fourth-order valence-electron chi connectivity index (χ4n) is 6.98. The molecular formula is C57H96O6. The SMILES string of the molecule is CC/C=C\C/C=C\C/C=C\C/C=C\CCCCC(=O)OC[C@H](COC(=O)CCCCCCCCCCCCCCC)OC(=O)CCC/C=C\C/C=C\C/C=C\CCCCCCCC. The van der Waals surface area contributed by atoms with E-state index >= 15 is 0 Å². The van der Waals surface area contributed by atoms with Crippen LogP contribution in [0, 0.1) is 0 Å². The molecule has 0 saturated carbocycles. The zero-order chi connectivity index (χ0) is 45.8. The van der Waals surface area contributed by atoms with Crippen LogP contribution < -0.4 is 0 Å². The van der Waals surface area contributed by atoms with Gasteiger partial charge in [0.15, 0.2) is 6.10 Å². The number of esters is 3. The van der Waals surface area contributed by atoms with Crippen LogP contribution >= 0.6 is 0 Å². The molecule has 0 unspecified atom stereocenters. The lowest BCUT2D eigenvalue weighted by molar-refractivity contribution is -0.167. The van der Waals surface area contributed by atoms with E-state index < -0.39 is 6.10 Å². The second-order valence-corrected chi connectivity index (χ2v) is 17.1. The Bertz CT molecular complexity index is 1240. The maximum absolute atomic E-state index is 12.8. The minimum atomic E-state index is -0.818. The third-order valence-electron chi connectivity index (χ3n) is 10.9. The Morgan fingerprint density at radius 2 is 0.635 bits per heavy atom. The molecule has 0 radical (unpaired) electrons. The molecule has 6 heteroatoms. The van der Waals surface area contributed by atoms with Gasteiger partial charge in [-0.1, -0.05) is 215 Å². The topological polar surface area (TPSA) is 78.9 Å². The van der Waals surface area contributed by atoms with Crippen molar-refractivity contribution in [2.75, 3.05) is 13.2 Å². The summed E-state index contributed by atoms with van der Waals surface area (Å²) in [5.74, 6) is -1.00. The quantitative estimate of drug-likeness (QED) is 0.0262. The summed E-state index contributed by atoms with van der Waals surface area (Å²) in [5, 5.41) is 0. The third kappa shape index (κ3) is 49.5. The molecule has 0 aliphatic heterocycles. The molecule has 0 aromatic carbocycles. The number of carbonyl (C=O) groups is 3. The van der Waals surface area contributed by atoms with Gasteiger partial charge in [0.25, 0.3) is 0 Å². The number of ether oxygens (including phenoxy) is 3. The van der Waals surface area contributed by atoms with Gasteiger partial charge in [-0.25, -0.2) is 0 Å². The molecule has 1 atom stereocenters. The Balaban J connectivity index is 4.53. The summed E-state index contributed by atoms with van der Waals surface area (Å²) in [6, 6.07) is 0. The molecule has 360 valence electrons. The summed E-state index contributed by atoms with van der Waals surface area (Å²) < 4.78 is 16.7. The van der Waals surface area contributed by atoms with E-state index in [1.165, 1.54) is 109 Å². The number of rotatable bonds is 46. The van der Waals surface area contributed by atoms with E-state index in [0.29, 0.717) is 25.7 Å². The van der Waals surface area contributed by atoms with Gasteiger partial charge in [0.2, 0.25) is 0 Å². The molecule has 0 aromatic heterocycles. The monoisotopic (exact) mass is 877 g/mol. The van der Waals surface area contributed by atoms with E-state index in [-0.39, 0.29) is 37.5 Å². The fraction of sp³-hybridized carbons (Fsp3) is 0.702. The maximum atomic E-state index is 12.8. The highest BCUT2D eigenvalue weighted by Gasteiger charge is 2.19. The van der Waals surface area contributed by atoms with Gasteiger partial charge in [-0.05, 0) is 89.9 Å². The maximum Gasteiger partial charge on any atom is 0.306 e. The first-order valence-electron chi connectivity index (χ1n) is 26.1. The molecule has 0 heterocycles. The summed E-state index contributed by atoms with van der Waals surface area (Å²) in [6.07, 6.45) is 65.7. The van der Waals surface area contributed by atoms with Gasteiger partial charge >= 0.3 is 17.9 Å². The molecule has 0 bridgehead atoms. The lowest BCUT2D eigenvalue weighted by atomic mass is 10.0. The van der Waals surface area contributed by atoms with E-state index in [2.05, 4.69) is 106 Å². The molecule has 0 aliphatic rings. The number of allylic oxidation sites excluding steroid dienone is 14. The molecule has 0 aliphatic carbocycles. The Morgan fingerprint density at radius 3 is 1.05 bits per heavy atom. The number of hydrogen-bond donors (Lipinski definition) is 0. The Kier molecular flexibility index (Phi) is 48.5. The van der Waals surface area contributed by atoms with Crippen molar-refractivity contribution in [3.8, 4) is 0 Å². The van der Waals surface area contributed by atoms with Crippen LogP contribution in [0.15, 0.2) is 85.1 Å². The third-order valence-corrected chi connectivity index (χ3v) is 10.9. The largest absolute Gasteiger partial charge is 0.462 e. The predicted molar refractivity (Wildman–Crippen MR) is 270 cm³/mol. The smallest absolute Gasteiger partial charge is 0.306 e. The van der Waals surface area contributed by atoms with Crippen molar-refractivity contribution in [3.05, 3.63) is 85.1 Å². The van der Waals surface area contributed by atoms with Gasteiger partial charge in [0, 0.05) is 19.3 Å². The molecule has 0 N–H and O–H groups in total. The van der Waals surface area contributed by atoms with Crippen molar-refractivity contribution in [2.45, 2.75) is 245 Å². The van der Waals surface area contributed by atoms with Crippen molar-refractivity contribution in [1.82, 2.24) is 0 Å². The molecule has 0 saturated heterocycles. The molecule has 6 nitrogen and oxygen atoms in total. The van der Waals surface area contributed by atoms with E-state index in [1.54, 1.807) is 0 Å². The van der Waals surface area contributed by atoms with Crippen molar-refractivity contribution in [2.24, 2.45) is 0 Å². The normalized spacial score (nSPS) is 12.7. The summed E-state index contributed by atoms with van der Waals surface area (Å²) >= 11 is 0. The Labute approximate surface area is 388 Å². The van der Waals surface area contributed by atoms with Crippen LogP contribution in [0.4, 0.5) is 0 Å². The van der Waals surface area contributed by atoms with Crippen LogP contribution in [0.25, 0.3) is 0 Å². The summed E-state index contributed by atoms with van der Waals surface area (Å²) in [4.78, 5) is 37.9. The van der Waals surface area contributed by atoms with E-state index in [9.17, 15) is 14.4 Å². The van der Waals surface area contributed by atoms with E-state index in [1.807, 2.05) is 0 Å². The highest BCUT2D eigenvalue weighted by atomic mass is 16.6. The molecule has 0 spiro atoms. The van der Waals surface area contributed by atoms with Crippen LogP contribution in [0.2, 0.25) is 0 Å². The van der Waals surface area contributed by atoms with E-state index in [4.69, 9.17) is 14.2 Å². The standard InChI is InChI=1S/C57H96O6/c1-4-7-10-13-16-19-22-25-27-28-30-33-36-39-42-45-48-51-57(60)63-54(52-61-55(58)49-46-43-40-37-34-31-24-21-18-15-12-9-6-3)53-62-56(59)50-47-44-41-38-35-32-29-26-23-20-17-14-11-8-5-2/h8,11,17,20,25-27,29-30,33,35,38-39,42,54H,4-7,9-10,12-16,18-19,21-24,28,31-32,34,36-37,40-41,43-53H2,1-3H3/b11-8-,20-17-,27-25-,29-26-,33-30-,38-35-,42-39-/t54-/m0/s1. The van der Waals surface area contributed by atoms with Crippen LogP contribution in [-0.2, 0) is 28.6 Å². The summed E-state index contributed by atoms with van der Waals surface area (Å²) in [5.41, 5.74) is 0. The van der Waals surface area contributed by atoms with Crippen LogP contribution in [0.3, 0.4) is 0 Å². The van der Waals surface area contributed by atoms with Crippen molar-refractivity contribution >= 4 is 17.9 Å². The molecule has 0 rings (SSSR count). The number of carbonyl (C=O) groups excluding carboxylic acids is 3. The van der Waals surface area contributed by atoms with Gasteiger partial charge in [-0.15, -0.1) is 0 Å². The van der Waals surface area contributed by atoms with Gasteiger partial charge < -0.3 is 14.2 Å². The average Bonchev–Trinajstić information content (AvgIpc) is 3.28. The molecule has 0 amide bonds. The molecular weight excluding hydrogens is 781 g/mol. The molecule has 0 fully saturated rings. The van der Waals surface area contributed by atoms with Gasteiger partial charge in [0.05, 0.1) is 0 Å².